The Kier molecular flexibility index (Phi) is 8.48. The summed E-state index contributed by atoms with van der Waals surface area (Å²) in [6.45, 7) is 1.39. The lowest BCUT2D eigenvalue weighted by Crippen LogP contribution is -2.24. The molecule has 0 fully saturated rings. The second kappa shape index (κ2) is 13.3. The lowest BCUT2D eigenvalue weighted by atomic mass is 10.1. The van der Waals surface area contributed by atoms with E-state index in [-0.39, 0.29) is 29.2 Å². The van der Waals surface area contributed by atoms with Crippen molar-refractivity contribution in [2.45, 2.75) is 45.3 Å². The maximum atomic E-state index is 13.6. The second-order valence-electron chi connectivity index (χ2n) is 11.7. The molecule has 7 aromatic rings. The Morgan fingerprint density at radius 1 is 0.562 bits per heavy atom. The first kappa shape index (κ1) is 30.5. The first-order valence-corrected chi connectivity index (χ1v) is 15.9. The van der Waals surface area contributed by atoms with Crippen LogP contribution in [0.2, 0.25) is 0 Å². The van der Waals surface area contributed by atoms with Crippen LogP contribution >= 0.6 is 0 Å². The summed E-state index contributed by atoms with van der Waals surface area (Å²) >= 11 is 0. The highest BCUT2D eigenvalue weighted by Gasteiger charge is 2.16. The molecule has 2 N–H and O–H groups in total. The number of para-hydroxylation sites is 2. The molecule has 0 aliphatic heterocycles. The van der Waals surface area contributed by atoms with Crippen LogP contribution in [0, 0.1) is 0 Å². The maximum Gasteiger partial charge on any atom is 0.262 e. The third-order valence-electron chi connectivity index (χ3n) is 8.40. The fourth-order valence-corrected chi connectivity index (χ4v) is 5.93. The molecule has 48 heavy (non-hydrogen) atoms. The van der Waals surface area contributed by atoms with Crippen molar-refractivity contribution in [3.8, 4) is 34.3 Å². The van der Waals surface area contributed by atoms with Crippen LogP contribution in [0.15, 0.2) is 113 Å². The Morgan fingerprint density at radius 2 is 1.06 bits per heavy atom. The Labute approximate surface area is 275 Å². The smallest absolute Gasteiger partial charge is 0.262 e. The van der Waals surface area contributed by atoms with Crippen molar-refractivity contribution in [1.29, 1.82) is 0 Å². The van der Waals surface area contributed by atoms with Gasteiger partial charge in [-0.15, -0.1) is 5.10 Å². The predicted molar refractivity (Wildman–Crippen MR) is 184 cm³/mol. The number of benzene rings is 4. The van der Waals surface area contributed by atoms with Crippen molar-refractivity contribution >= 4 is 21.8 Å². The van der Waals surface area contributed by atoms with E-state index in [2.05, 4.69) is 10.3 Å². The first-order valence-electron chi connectivity index (χ1n) is 15.9. The van der Waals surface area contributed by atoms with E-state index in [0.29, 0.717) is 57.8 Å². The van der Waals surface area contributed by atoms with Crippen LogP contribution < -0.4 is 11.1 Å². The molecular formula is C37H33N7O4. The lowest BCUT2D eigenvalue weighted by Gasteiger charge is -2.14. The monoisotopic (exact) mass is 639 g/mol. The van der Waals surface area contributed by atoms with Gasteiger partial charge in [-0.25, -0.2) is 9.97 Å². The van der Waals surface area contributed by atoms with Crippen LogP contribution in [0.25, 0.3) is 44.6 Å². The Hall–Kier alpha value is -6.10. The van der Waals surface area contributed by atoms with Crippen LogP contribution in [-0.2, 0) is 19.6 Å². The molecule has 0 radical (unpaired) electrons. The molecule has 7 rings (SSSR count). The Bertz CT molecular complexity index is 2340. The van der Waals surface area contributed by atoms with E-state index in [9.17, 15) is 19.8 Å². The molecule has 0 spiro atoms. The summed E-state index contributed by atoms with van der Waals surface area (Å²) in [6.07, 6.45) is 5.36. The SMILES string of the molecule is O=c1c2ccccc2nc(-c2ccc(O)cc2)n1CCCCCCn1cc(Cn2c(-c3ccc(O)cc3)nc3ccccc3c2=O)nn1. The fraction of sp³-hybridized carbons (Fsp3) is 0.189. The number of hydrogen-bond acceptors (Lipinski definition) is 8. The van der Waals surface area contributed by atoms with Gasteiger partial charge < -0.3 is 10.2 Å². The number of nitrogens with zero attached hydrogens (tertiary/aromatic N) is 7. The second-order valence-corrected chi connectivity index (χ2v) is 11.7. The van der Waals surface area contributed by atoms with Crippen LogP contribution in [-0.4, -0.2) is 44.3 Å². The molecule has 11 heteroatoms. The van der Waals surface area contributed by atoms with E-state index < -0.39 is 0 Å². The summed E-state index contributed by atoms with van der Waals surface area (Å²) in [7, 11) is 0. The van der Waals surface area contributed by atoms with Gasteiger partial charge in [-0.1, -0.05) is 42.3 Å². The van der Waals surface area contributed by atoms with Crippen molar-refractivity contribution in [2.24, 2.45) is 0 Å². The summed E-state index contributed by atoms with van der Waals surface area (Å²) < 4.78 is 5.11. The molecule has 0 bridgehead atoms. The molecule has 4 aromatic carbocycles. The van der Waals surface area contributed by atoms with E-state index in [1.54, 1.807) is 74.5 Å². The zero-order chi connectivity index (χ0) is 33.0. The van der Waals surface area contributed by atoms with Crippen molar-refractivity contribution in [2.75, 3.05) is 0 Å². The van der Waals surface area contributed by atoms with Gasteiger partial charge in [0.15, 0.2) is 0 Å². The van der Waals surface area contributed by atoms with Crippen LogP contribution in [0.1, 0.15) is 31.4 Å². The summed E-state index contributed by atoms with van der Waals surface area (Å²) in [5.41, 5.74) is 3.12. The van der Waals surface area contributed by atoms with E-state index in [4.69, 9.17) is 9.97 Å². The number of unbranched alkanes of at least 4 members (excludes halogenated alkanes) is 3. The van der Waals surface area contributed by atoms with Gasteiger partial charge in [0, 0.05) is 24.2 Å². The number of aromatic hydroxyl groups is 2. The van der Waals surface area contributed by atoms with E-state index in [1.807, 2.05) is 42.6 Å². The lowest BCUT2D eigenvalue weighted by molar-refractivity contribution is 0.475. The minimum Gasteiger partial charge on any atom is -0.508 e. The molecule has 0 amide bonds. The molecule has 0 aliphatic carbocycles. The number of phenolic OH excluding ortho intramolecular Hbond substituents is 2. The normalized spacial score (nSPS) is 11.4. The number of aryl methyl sites for hydroxylation is 1. The van der Waals surface area contributed by atoms with Gasteiger partial charge >= 0.3 is 0 Å². The topological polar surface area (TPSA) is 141 Å². The highest BCUT2D eigenvalue weighted by Crippen LogP contribution is 2.24. The molecular weight excluding hydrogens is 606 g/mol. The van der Waals surface area contributed by atoms with Gasteiger partial charge in [0.1, 0.15) is 28.8 Å². The zero-order valence-corrected chi connectivity index (χ0v) is 26.1. The number of phenols is 2. The fourth-order valence-electron chi connectivity index (χ4n) is 5.93. The average Bonchev–Trinajstić information content (AvgIpc) is 3.56. The molecule has 3 heterocycles. The van der Waals surface area contributed by atoms with Crippen molar-refractivity contribution in [1.82, 2.24) is 34.1 Å². The molecule has 11 nitrogen and oxygen atoms in total. The van der Waals surface area contributed by atoms with E-state index >= 15 is 0 Å². The summed E-state index contributed by atoms with van der Waals surface area (Å²) in [5.74, 6) is 1.37. The van der Waals surface area contributed by atoms with Gasteiger partial charge in [0.05, 0.1) is 34.5 Å². The first-order chi connectivity index (χ1) is 23.4. The molecule has 0 atom stereocenters. The highest BCUT2D eigenvalue weighted by molar-refractivity contribution is 5.80. The largest absolute Gasteiger partial charge is 0.508 e. The third-order valence-corrected chi connectivity index (χ3v) is 8.40. The summed E-state index contributed by atoms with van der Waals surface area (Å²) in [6, 6.07) is 28.0. The molecule has 0 saturated carbocycles. The van der Waals surface area contributed by atoms with Crippen molar-refractivity contribution in [3.63, 3.8) is 0 Å². The molecule has 3 aromatic heterocycles. The van der Waals surface area contributed by atoms with Gasteiger partial charge in [0.2, 0.25) is 0 Å². The summed E-state index contributed by atoms with van der Waals surface area (Å²) in [5, 5.41) is 29.3. The van der Waals surface area contributed by atoms with Gasteiger partial charge in [-0.2, -0.15) is 0 Å². The predicted octanol–water partition coefficient (Wildman–Crippen LogP) is 5.75. The number of rotatable bonds is 11. The molecule has 0 saturated heterocycles. The van der Waals surface area contributed by atoms with Crippen molar-refractivity contribution in [3.05, 3.63) is 130 Å². The van der Waals surface area contributed by atoms with Crippen LogP contribution in [0.4, 0.5) is 0 Å². The summed E-state index contributed by atoms with van der Waals surface area (Å²) in [4.78, 5) is 36.6. The molecule has 240 valence electrons. The number of fused-ring (bicyclic) bond motifs is 2. The van der Waals surface area contributed by atoms with Gasteiger partial charge in [0.25, 0.3) is 11.1 Å². The maximum absolute atomic E-state index is 13.6. The quantitative estimate of drug-likeness (QED) is 0.171. The van der Waals surface area contributed by atoms with Gasteiger partial charge in [-0.05, 0) is 85.6 Å². The number of hydrogen-bond donors (Lipinski definition) is 2. The molecule has 0 unspecified atom stereocenters. The van der Waals surface area contributed by atoms with E-state index in [0.717, 1.165) is 31.2 Å². The highest BCUT2D eigenvalue weighted by atomic mass is 16.3. The molecule has 0 aliphatic rings. The van der Waals surface area contributed by atoms with Gasteiger partial charge in [-0.3, -0.25) is 23.4 Å². The Balaban J connectivity index is 1.00. The Morgan fingerprint density at radius 3 is 1.65 bits per heavy atom. The standard InChI is InChI=1S/C37H33N7O4/c45-28-17-13-25(14-18-28)34-38-32-11-5-3-9-30(32)36(47)43(34)22-8-2-1-7-21-42-23-27(40-41-42)24-44-35(26-15-19-29(46)20-16-26)39-33-12-6-4-10-31(33)37(44)48/h3-6,9-20,23,45-46H,1-2,7-8,21-22,24H2. The minimum atomic E-state index is -0.174. The number of aromatic nitrogens is 7. The van der Waals surface area contributed by atoms with Crippen molar-refractivity contribution < 1.29 is 10.2 Å². The van der Waals surface area contributed by atoms with Crippen LogP contribution in [0.3, 0.4) is 0 Å². The minimum absolute atomic E-state index is 0.0758. The zero-order valence-electron chi connectivity index (χ0n) is 26.1. The van der Waals surface area contributed by atoms with Crippen LogP contribution in [0.5, 0.6) is 11.5 Å². The van der Waals surface area contributed by atoms with E-state index in [1.165, 1.54) is 0 Å². The third kappa shape index (κ3) is 6.30. The average molecular weight is 640 g/mol.